The summed E-state index contributed by atoms with van der Waals surface area (Å²) in [6.07, 6.45) is 3.04. The fourth-order valence-corrected chi connectivity index (χ4v) is 1.79. The summed E-state index contributed by atoms with van der Waals surface area (Å²) in [6, 6.07) is 9.98. The highest BCUT2D eigenvalue weighted by Crippen LogP contribution is 2.28. The van der Waals surface area contributed by atoms with Gasteiger partial charge in [0.15, 0.2) is 0 Å². The number of nitrogens with one attached hydrogen (secondary N) is 1. The van der Waals surface area contributed by atoms with Crippen LogP contribution in [0.15, 0.2) is 30.3 Å². The van der Waals surface area contributed by atoms with Gasteiger partial charge in [-0.2, -0.15) is 0 Å². The third-order valence-corrected chi connectivity index (χ3v) is 2.69. The summed E-state index contributed by atoms with van der Waals surface area (Å²) in [7, 11) is 0. The molecule has 0 bridgehead atoms. The zero-order valence-electron chi connectivity index (χ0n) is 9.40. The maximum absolute atomic E-state index is 9.68. The van der Waals surface area contributed by atoms with Gasteiger partial charge in [0.2, 0.25) is 5.88 Å². The molecule has 1 aromatic heterocycles. The molecule has 0 fully saturated rings. The largest absolute Gasteiger partial charge is 0.492 e. The number of aromatic amines is 1. The van der Waals surface area contributed by atoms with Crippen LogP contribution in [0.4, 0.5) is 0 Å². The normalized spacial score (nSPS) is 10.6. The average Bonchev–Trinajstić information content (AvgIpc) is 2.69. The lowest BCUT2D eigenvalue weighted by Crippen LogP contribution is -1.87. The zero-order chi connectivity index (χ0) is 11.4. The van der Waals surface area contributed by atoms with E-state index in [1.54, 1.807) is 0 Å². The lowest BCUT2D eigenvalue weighted by Gasteiger charge is -2.02. The number of benzene rings is 1. The van der Waals surface area contributed by atoms with Crippen LogP contribution in [0.3, 0.4) is 0 Å². The third-order valence-electron chi connectivity index (χ3n) is 2.69. The van der Waals surface area contributed by atoms with Crippen LogP contribution in [0.25, 0.3) is 11.3 Å². The minimum Gasteiger partial charge on any atom is -0.492 e. The van der Waals surface area contributed by atoms with E-state index < -0.39 is 0 Å². The van der Waals surface area contributed by atoms with E-state index in [-0.39, 0.29) is 5.88 Å². The Bertz CT molecular complexity index is 448. The summed E-state index contributed by atoms with van der Waals surface area (Å²) in [6.45, 7) is 2.14. The average molecular weight is 216 g/mol. The molecule has 0 unspecified atom stereocenters. The molecule has 0 aliphatic heterocycles. The predicted octanol–water partition coefficient (Wildman–Crippen LogP) is 3.12. The molecule has 84 valence electrons. The number of unbranched alkanes of at least 4 members (excludes halogenated alkanes) is 1. The second-order valence-corrected chi connectivity index (χ2v) is 3.87. The number of rotatable bonds is 4. The van der Waals surface area contributed by atoms with Gasteiger partial charge in [-0.05, 0) is 18.4 Å². The Morgan fingerprint density at radius 2 is 2.00 bits per heavy atom. The second-order valence-electron chi connectivity index (χ2n) is 3.87. The van der Waals surface area contributed by atoms with Crippen molar-refractivity contribution >= 4 is 0 Å². The van der Waals surface area contributed by atoms with Crippen molar-refractivity contribution in [1.29, 1.82) is 0 Å². The Morgan fingerprint density at radius 1 is 1.25 bits per heavy atom. The van der Waals surface area contributed by atoms with Gasteiger partial charge in [-0.1, -0.05) is 43.7 Å². The van der Waals surface area contributed by atoms with Gasteiger partial charge in [-0.15, -0.1) is 5.10 Å². The molecule has 0 spiro atoms. The standard InChI is InChI=1S/C13H16N2O/c1-2-3-9-11-12(14-15-13(11)16)10-7-5-4-6-8-10/h4-8H,2-3,9H2,1H3,(H2,14,15,16). The molecule has 2 aromatic rings. The molecular formula is C13H16N2O. The summed E-state index contributed by atoms with van der Waals surface area (Å²) >= 11 is 0. The summed E-state index contributed by atoms with van der Waals surface area (Å²) < 4.78 is 0. The molecule has 0 amide bonds. The highest BCUT2D eigenvalue weighted by atomic mass is 16.3. The number of H-pyrrole nitrogens is 1. The van der Waals surface area contributed by atoms with Gasteiger partial charge in [0.1, 0.15) is 0 Å². The maximum atomic E-state index is 9.68. The fourth-order valence-electron chi connectivity index (χ4n) is 1.79. The molecule has 0 saturated heterocycles. The molecule has 0 atom stereocenters. The number of aromatic hydroxyl groups is 1. The number of nitrogens with zero attached hydrogens (tertiary/aromatic N) is 1. The first-order valence-electron chi connectivity index (χ1n) is 5.64. The molecule has 1 aromatic carbocycles. The van der Waals surface area contributed by atoms with Crippen molar-refractivity contribution in [3.05, 3.63) is 35.9 Å². The molecule has 0 saturated carbocycles. The molecule has 1 heterocycles. The van der Waals surface area contributed by atoms with Crippen molar-refractivity contribution in [2.75, 3.05) is 0 Å². The molecule has 3 heteroatoms. The first kappa shape index (κ1) is 10.7. The quantitative estimate of drug-likeness (QED) is 0.824. The van der Waals surface area contributed by atoms with E-state index in [1.807, 2.05) is 30.3 Å². The van der Waals surface area contributed by atoms with Crippen molar-refractivity contribution in [3.63, 3.8) is 0 Å². The minimum absolute atomic E-state index is 0.132. The van der Waals surface area contributed by atoms with Gasteiger partial charge < -0.3 is 5.11 Å². The molecule has 2 rings (SSSR count). The van der Waals surface area contributed by atoms with Crippen LogP contribution in [0.1, 0.15) is 25.3 Å². The lowest BCUT2D eigenvalue weighted by atomic mass is 10.0. The number of hydrogen-bond donors (Lipinski definition) is 2. The van der Waals surface area contributed by atoms with Crippen LogP contribution in [0.5, 0.6) is 5.88 Å². The van der Waals surface area contributed by atoms with Gasteiger partial charge in [-0.3, -0.25) is 5.10 Å². The molecule has 16 heavy (non-hydrogen) atoms. The van der Waals surface area contributed by atoms with Gasteiger partial charge >= 0.3 is 0 Å². The fraction of sp³-hybridized carbons (Fsp3) is 0.308. The van der Waals surface area contributed by atoms with Crippen LogP contribution >= 0.6 is 0 Å². The summed E-state index contributed by atoms with van der Waals surface area (Å²) in [5, 5.41) is 16.5. The highest BCUT2D eigenvalue weighted by molar-refractivity contribution is 5.64. The van der Waals surface area contributed by atoms with Crippen molar-refractivity contribution in [2.45, 2.75) is 26.2 Å². The first-order valence-corrected chi connectivity index (χ1v) is 5.64. The van der Waals surface area contributed by atoms with E-state index in [1.165, 1.54) is 0 Å². The molecule has 0 aliphatic carbocycles. The van der Waals surface area contributed by atoms with E-state index in [0.29, 0.717) is 0 Å². The van der Waals surface area contributed by atoms with Crippen LogP contribution in [-0.4, -0.2) is 15.3 Å². The van der Waals surface area contributed by atoms with Crippen LogP contribution < -0.4 is 0 Å². The van der Waals surface area contributed by atoms with Crippen LogP contribution in [0, 0.1) is 0 Å². The lowest BCUT2D eigenvalue weighted by molar-refractivity contribution is 0.445. The monoisotopic (exact) mass is 216 g/mol. The maximum Gasteiger partial charge on any atom is 0.233 e. The van der Waals surface area contributed by atoms with E-state index in [0.717, 1.165) is 36.1 Å². The van der Waals surface area contributed by atoms with E-state index in [9.17, 15) is 5.11 Å². The second kappa shape index (κ2) is 4.84. The number of hydrogen-bond acceptors (Lipinski definition) is 2. The SMILES string of the molecule is CCCCc1c(O)n[nH]c1-c1ccccc1. The van der Waals surface area contributed by atoms with E-state index >= 15 is 0 Å². The van der Waals surface area contributed by atoms with E-state index in [4.69, 9.17) is 0 Å². The predicted molar refractivity (Wildman–Crippen MR) is 64.3 cm³/mol. The Labute approximate surface area is 95.1 Å². The summed E-state index contributed by atoms with van der Waals surface area (Å²) in [4.78, 5) is 0. The van der Waals surface area contributed by atoms with E-state index in [2.05, 4.69) is 17.1 Å². The van der Waals surface area contributed by atoms with Gasteiger partial charge in [0.05, 0.1) is 5.69 Å². The van der Waals surface area contributed by atoms with Crippen molar-refractivity contribution in [2.24, 2.45) is 0 Å². The number of aromatic nitrogens is 2. The van der Waals surface area contributed by atoms with Gasteiger partial charge in [-0.25, -0.2) is 0 Å². The zero-order valence-corrected chi connectivity index (χ0v) is 9.40. The van der Waals surface area contributed by atoms with Gasteiger partial charge in [0, 0.05) is 5.56 Å². The van der Waals surface area contributed by atoms with Crippen LogP contribution in [0.2, 0.25) is 0 Å². The van der Waals surface area contributed by atoms with Gasteiger partial charge in [0.25, 0.3) is 0 Å². The van der Waals surface area contributed by atoms with Crippen molar-refractivity contribution in [3.8, 4) is 17.1 Å². The Morgan fingerprint density at radius 3 is 2.69 bits per heavy atom. The highest BCUT2D eigenvalue weighted by Gasteiger charge is 2.12. The Balaban J connectivity index is 2.34. The molecule has 2 N–H and O–H groups in total. The molecule has 0 radical (unpaired) electrons. The molecule has 3 nitrogen and oxygen atoms in total. The first-order chi connectivity index (χ1) is 7.83. The van der Waals surface area contributed by atoms with Crippen molar-refractivity contribution in [1.82, 2.24) is 10.2 Å². The molecule has 0 aliphatic rings. The Hall–Kier alpha value is -1.77. The minimum atomic E-state index is 0.132. The Kier molecular flexibility index (Phi) is 3.25. The van der Waals surface area contributed by atoms with Crippen molar-refractivity contribution < 1.29 is 5.11 Å². The topological polar surface area (TPSA) is 48.9 Å². The van der Waals surface area contributed by atoms with Crippen LogP contribution in [-0.2, 0) is 6.42 Å². The smallest absolute Gasteiger partial charge is 0.233 e. The molecular weight excluding hydrogens is 200 g/mol. The summed E-state index contributed by atoms with van der Waals surface area (Å²) in [5.41, 5.74) is 2.93. The third kappa shape index (κ3) is 2.08. The summed E-state index contributed by atoms with van der Waals surface area (Å²) in [5.74, 6) is 0.132.